The number of hydrogen-bond donors (Lipinski definition) is 1. The number of amides is 1. The van der Waals surface area contributed by atoms with Crippen molar-refractivity contribution < 1.29 is 4.79 Å². The molecule has 2 heterocycles. The van der Waals surface area contributed by atoms with E-state index in [1.807, 2.05) is 36.2 Å². The summed E-state index contributed by atoms with van der Waals surface area (Å²) in [4.78, 5) is 15.0. The monoisotopic (exact) mass is 304 g/mol. The molecule has 3 nitrogen and oxygen atoms in total. The number of carbonyl (C=O) groups is 1. The number of nitrogens with zero attached hydrogens (tertiary/aromatic N) is 1. The molecule has 0 aromatic carbocycles. The first-order chi connectivity index (χ1) is 9.61. The first kappa shape index (κ1) is 14.8. The summed E-state index contributed by atoms with van der Waals surface area (Å²) in [7, 11) is 1.82. The van der Waals surface area contributed by atoms with Crippen molar-refractivity contribution in [1.29, 1.82) is 0 Å². The standard InChI is InChI=1S/C15H16N2OS2/c1-11-8-19-10-14(11)15(18)17(2)7-12-6-13(20-9-12)4-3-5-16/h6,8-10H,5,7,16H2,1-2H3. The number of thiophene rings is 2. The third kappa shape index (κ3) is 3.48. The normalized spacial score (nSPS) is 9.95. The van der Waals surface area contributed by atoms with E-state index in [1.165, 1.54) is 0 Å². The first-order valence-corrected chi connectivity index (χ1v) is 7.98. The van der Waals surface area contributed by atoms with Crippen LogP contribution in [0, 0.1) is 18.8 Å². The van der Waals surface area contributed by atoms with Crippen molar-refractivity contribution in [3.05, 3.63) is 43.8 Å². The van der Waals surface area contributed by atoms with Crippen LogP contribution in [0.25, 0.3) is 0 Å². The van der Waals surface area contributed by atoms with Crippen LogP contribution in [-0.4, -0.2) is 24.4 Å². The SMILES string of the molecule is Cc1cscc1C(=O)N(C)Cc1csc(C#CCN)c1. The molecule has 20 heavy (non-hydrogen) atoms. The number of aryl methyl sites for hydroxylation is 1. The molecule has 2 aromatic rings. The zero-order valence-electron chi connectivity index (χ0n) is 11.5. The quantitative estimate of drug-likeness (QED) is 0.886. The minimum absolute atomic E-state index is 0.0598. The van der Waals surface area contributed by atoms with Crippen LogP contribution in [0.4, 0.5) is 0 Å². The summed E-state index contributed by atoms with van der Waals surface area (Å²) in [6.07, 6.45) is 0. The van der Waals surface area contributed by atoms with Gasteiger partial charge in [-0.2, -0.15) is 11.3 Å². The van der Waals surface area contributed by atoms with Gasteiger partial charge in [-0.15, -0.1) is 11.3 Å². The highest BCUT2D eigenvalue weighted by Crippen LogP contribution is 2.19. The third-order valence-corrected chi connectivity index (χ3v) is 4.58. The average molecular weight is 304 g/mol. The van der Waals surface area contributed by atoms with E-state index < -0.39 is 0 Å². The van der Waals surface area contributed by atoms with Gasteiger partial charge in [-0.25, -0.2) is 0 Å². The van der Waals surface area contributed by atoms with Crippen molar-refractivity contribution in [2.45, 2.75) is 13.5 Å². The van der Waals surface area contributed by atoms with E-state index in [1.54, 1.807) is 27.6 Å². The van der Waals surface area contributed by atoms with Gasteiger partial charge < -0.3 is 10.6 Å². The average Bonchev–Trinajstić information content (AvgIpc) is 3.04. The molecule has 2 rings (SSSR count). The molecule has 0 unspecified atom stereocenters. The van der Waals surface area contributed by atoms with Gasteiger partial charge in [-0.05, 0) is 34.9 Å². The lowest BCUT2D eigenvalue weighted by Gasteiger charge is -2.16. The van der Waals surface area contributed by atoms with E-state index >= 15 is 0 Å². The molecule has 5 heteroatoms. The van der Waals surface area contributed by atoms with Crippen molar-refractivity contribution in [2.24, 2.45) is 5.73 Å². The van der Waals surface area contributed by atoms with Crippen molar-refractivity contribution in [1.82, 2.24) is 4.90 Å². The molecule has 2 N–H and O–H groups in total. The van der Waals surface area contributed by atoms with Crippen LogP contribution in [0.3, 0.4) is 0 Å². The Kier molecular flexibility index (Phi) is 4.96. The Morgan fingerprint density at radius 3 is 2.85 bits per heavy atom. The first-order valence-electron chi connectivity index (χ1n) is 6.16. The zero-order valence-corrected chi connectivity index (χ0v) is 13.1. The molecule has 0 spiro atoms. The summed E-state index contributed by atoms with van der Waals surface area (Å²) in [6.45, 7) is 2.92. The molecular weight excluding hydrogens is 288 g/mol. The summed E-state index contributed by atoms with van der Waals surface area (Å²) < 4.78 is 0. The van der Waals surface area contributed by atoms with Crippen LogP contribution in [0.2, 0.25) is 0 Å². The topological polar surface area (TPSA) is 46.3 Å². The summed E-state index contributed by atoms with van der Waals surface area (Å²) in [5.41, 5.74) is 8.27. The molecule has 0 saturated carbocycles. The predicted octanol–water partition coefficient (Wildman–Crippen LogP) is 2.70. The molecule has 0 saturated heterocycles. The van der Waals surface area contributed by atoms with E-state index in [9.17, 15) is 4.79 Å². The molecular formula is C15H16N2OS2. The maximum absolute atomic E-state index is 12.3. The molecule has 0 radical (unpaired) electrons. The summed E-state index contributed by atoms with van der Waals surface area (Å²) in [5.74, 6) is 5.90. The van der Waals surface area contributed by atoms with Gasteiger partial charge in [-0.3, -0.25) is 4.79 Å². The molecule has 0 aliphatic rings. The summed E-state index contributed by atoms with van der Waals surface area (Å²) in [5, 5.41) is 5.93. The molecule has 1 amide bonds. The Bertz CT molecular complexity index is 661. The number of nitrogens with two attached hydrogens (primary N) is 1. The van der Waals surface area contributed by atoms with Gasteiger partial charge in [0.2, 0.25) is 0 Å². The van der Waals surface area contributed by atoms with Crippen molar-refractivity contribution in [3.63, 3.8) is 0 Å². The second-order valence-electron chi connectivity index (χ2n) is 4.45. The Balaban J connectivity index is 2.04. The highest BCUT2D eigenvalue weighted by Gasteiger charge is 2.15. The highest BCUT2D eigenvalue weighted by atomic mass is 32.1. The molecule has 2 aromatic heterocycles. The number of rotatable bonds is 3. The molecule has 0 bridgehead atoms. The van der Waals surface area contributed by atoms with Crippen LogP contribution in [0.15, 0.2) is 22.2 Å². The van der Waals surface area contributed by atoms with Crippen LogP contribution in [-0.2, 0) is 6.54 Å². The van der Waals surface area contributed by atoms with Crippen LogP contribution in [0.5, 0.6) is 0 Å². The van der Waals surface area contributed by atoms with E-state index in [-0.39, 0.29) is 5.91 Å². The minimum Gasteiger partial charge on any atom is -0.337 e. The van der Waals surface area contributed by atoms with Crippen molar-refractivity contribution in [3.8, 4) is 11.8 Å². The maximum Gasteiger partial charge on any atom is 0.255 e. The lowest BCUT2D eigenvalue weighted by Crippen LogP contribution is -2.26. The third-order valence-electron chi connectivity index (χ3n) is 2.82. The van der Waals surface area contributed by atoms with Crippen molar-refractivity contribution in [2.75, 3.05) is 13.6 Å². The fourth-order valence-electron chi connectivity index (χ4n) is 1.79. The second kappa shape index (κ2) is 6.71. The second-order valence-corrected chi connectivity index (χ2v) is 6.11. The molecule has 104 valence electrons. The zero-order chi connectivity index (χ0) is 14.5. The lowest BCUT2D eigenvalue weighted by molar-refractivity contribution is 0.0785. The van der Waals surface area contributed by atoms with Gasteiger partial charge in [0.05, 0.1) is 17.0 Å². The van der Waals surface area contributed by atoms with Crippen LogP contribution >= 0.6 is 22.7 Å². The molecule has 0 aliphatic heterocycles. The summed E-state index contributed by atoms with van der Waals surface area (Å²) in [6, 6.07) is 2.01. The Labute approximate surface area is 127 Å². The molecule has 0 aliphatic carbocycles. The van der Waals surface area contributed by atoms with Gasteiger partial charge in [0.1, 0.15) is 0 Å². The number of carbonyl (C=O) groups excluding carboxylic acids is 1. The van der Waals surface area contributed by atoms with Gasteiger partial charge in [-0.1, -0.05) is 11.8 Å². The van der Waals surface area contributed by atoms with E-state index in [0.717, 1.165) is 21.6 Å². The van der Waals surface area contributed by atoms with Gasteiger partial charge in [0.15, 0.2) is 0 Å². The fraction of sp³-hybridized carbons (Fsp3) is 0.267. The lowest BCUT2D eigenvalue weighted by atomic mass is 10.2. The van der Waals surface area contributed by atoms with E-state index in [4.69, 9.17) is 5.73 Å². The number of hydrogen-bond acceptors (Lipinski definition) is 4. The van der Waals surface area contributed by atoms with Crippen molar-refractivity contribution >= 4 is 28.6 Å². The van der Waals surface area contributed by atoms with Gasteiger partial charge in [0, 0.05) is 19.0 Å². The fourth-order valence-corrected chi connectivity index (χ4v) is 3.39. The minimum atomic E-state index is 0.0598. The van der Waals surface area contributed by atoms with Crippen LogP contribution in [0.1, 0.15) is 26.4 Å². The van der Waals surface area contributed by atoms with Gasteiger partial charge >= 0.3 is 0 Å². The molecule has 0 fully saturated rings. The Morgan fingerprint density at radius 1 is 1.40 bits per heavy atom. The predicted molar refractivity (Wildman–Crippen MR) is 85.1 cm³/mol. The summed E-state index contributed by atoms with van der Waals surface area (Å²) >= 11 is 3.13. The highest BCUT2D eigenvalue weighted by molar-refractivity contribution is 7.10. The largest absolute Gasteiger partial charge is 0.337 e. The van der Waals surface area contributed by atoms with Crippen LogP contribution < -0.4 is 5.73 Å². The Hall–Kier alpha value is -1.61. The maximum atomic E-state index is 12.3. The van der Waals surface area contributed by atoms with E-state index in [0.29, 0.717) is 13.1 Å². The van der Waals surface area contributed by atoms with Gasteiger partial charge in [0.25, 0.3) is 5.91 Å². The van der Waals surface area contributed by atoms with E-state index in [2.05, 4.69) is 11.8 Å². The molecule has 0 atom stereocenters. The smallest absolute Gasteiger partial charge is 0.255 e. The Morgan fingerprint density at radius 2 is 2.20 bits per heavy atom.